The highest BCUT2D eigenvalue weighted by atomic mass is 32.2. The van der Waals surface area contributed by atoms with Crippen LogP contribution in [0.25, 0.3) is 0 Å². The summed E-state index contributed by atoms with van der Waals surface area (Å²) in [5, 5.41) is 4.20. The molecule has 1 amide bonds. The molecular formula is C16H23N3O3S. The van der Waals surface area contributed by atoms with E-state index in [0.717, 1.165) is 18.6 Å². The van der Waals surface area contributed by atoms with Crippen LogP contribution < -0.4 is 10.1 Å². The van der Waals surface area contributed by atoms with Gasteiger partial charge in [-0.05, 0) is 36.8 Å². The van der Waals surface area contributed by atoms with Crippen molar-refractivity contribution in [3.05, 3.63) is 30.3 Å². The average Bonchev–Trinajstić information content (AvgIpc) is 2.53. The fourth-order valence-corrected chi connectivity index (χ4v) is 3.75. The van der Waals surface area contributed by atoms with E-state index >= 15 is 0 Å². The minimum Gasteiger partial charge on any atom is -0.272 e. The van der Waals surface area contributed by atoms with Crippen LogP contribution in [0.1, 0.15) is 33.1 Å². The average molecular weight is 337 g/mol. The van der Waals surface area contributed by atoms with Crippen molar-refractivity contribution in [2.45, 2.75) is 38.0 Å². The number of sulfonamides is 1. The van der Waals surface area contributed by atoms with Gasteiger partial charge in [-0.15, -0.1) is 0 Å². The Bertz CT molecular complexity index is 659. The van der Waals surface area contributed by atoms with Gasteiger partial charge in [-0.1, -0.05) is 38.5 Å². The summed E-state index contributed by atoms with van der Waals surface area (Å²) in [5.74, 6) is 0.224. The SMILES string of the molecule is C[C@@H]1CCC[C@H](C)C1=NNC(=O)CNS(=O)(=O)c1ccccc1. The molecule has 0 spiro atoms. The third-order valence-corrected chi connectivity index (χ3v) is 5.49. The van der Waals surface area contributed by atoms with E-state index in [1.165, 1.54) is 18.6 Å². The van der Waals surface area contributed by atoms with E-state index in [2.05, 4.69) is 29.1 Å². The Morgan fingerprint density at radius 3 is 2.39 bits per heavy atom. The first-order valence-corrected chi connectivity index (χ1v) is 9.29. The van der Waals surface area contributed by atoms with Gasteiger partial charge in [0, 0.05) is 5.71 Å². The smallest absolute Gasteiger partial charge is 0.255 e. The van der Waals surface area contributed by atoms with Crippen LogP contribution >= 0.6 is 0 Å². The fourth-order valence-electron chi connectivity index (χ4n) is 2.74. The number of carbonyl (C=O) groups excluding carboxylic acids is 1. The molecule has 0 bridgehead atoms. The Morgan fingerprint density at radius 2 is 1.78 bits per heavy atom. The van der Waals surface area contributed by atoms with E-state index in [-0.39, 0.29) is 11.4 Å². The van der Waals surface area contributed by atoms with E-state index in [4.69, 9.17) is 0 Å². The number of benzene rings is 1. The van der Waals surface area contributed by atoms with E-state index in [1.54, 1.807) is 18.2 Å². The molecule has 0 aromatic heterocycles. The molecule has 1 saturated carbocycles. The molecule has 1 aromatic rings. The molecule has 0 aliphatic heterocycles. The lowest BCUT2D eigenvalue weighted by molar-refractivity contribution is -0.119. The summed E-state index contributed by atoms with van der Waals surface area (Å²) in [7, 11) is -3.68. The van der Waals surface area contributed by atoms with Crippen molar-refractivity contribution in [3.63, 3.8) is 0 Å². The zero-order valence-corrected chi connectivity index (χ0v) is 14.3. The van der Waals surface area contributed by atoms with Crippen molar-refractivity contribution in [1.82, 2.24) is 10.1 Å². The molecule has 7 heteroatoms. The summed E-state index contributed by atoms with van der Waals surface area (Å²) in [6.07, 6.45) is 3.31. The summed E-state index contributed by atoms with van der Waals surface area (Å²) in [6.45, 7) is 3.86. The maximum absolute atomic E-state index is 12.0. The van der Waals surface area contributed by atoms with Gasteiger partial charge in [0.25, 0.3) is 5.91 Å². The van der Waals surface area contributed by atoms with Crippen molar-refractivity contribution in [1.29, 1.82) is 0 Å². The number of carbonyl (C=O) groups is 1. The molecule has 1 aliphatic carbocycles. The predicted octanol–water partition coefficient (Wildman–Crippen LogP) is 1.89. The number of nitrogens with zero attached hydrogens (tertiary/aromatic N) is 1. The van der Waals surface area contributed by atoms with Gasteiger partial charge in [0.15, 0.2) is 0 Å². The second kappa shape index (κ2) is 7.70. The van der Waals surface area contributed by atoms with Crippen LogP contribution in [0.3, 0.4) is 0 Å². The van der Waals surface area contributed by atoms with Crippen molar-refractivity contribution in [2.24, 2.45) is 16.9 Å². The summed E-state index contributed by atoms with van der Waals surface area (Å²) < 4.78 is 26.3. The van der Waals surface area contributed by atoms with Crippen molar-refractivity contribution >= 4 is 21.6 Å². The third kappa shape index (κ3) is 4.87. The number of hydrogen-bond donors (Lipinski definition) is 2. The quantitative estimate of drug-likeness (QED) is 0.804. The first-order valence-electron chi connectivity index (χ1n) is 7.81. The van der Waals surface area contributed by atoms with Crippen LogP contribution in [0.4, 0.5) is 0 Å². The van der Waals surface area contributed by atoms with Crippen LogP contribution in [-0.2, 0) is 14.8 Å². The summed E-state index contributed by atoms with van der Waals surface area (Å²) in [4.78, 5) is 12.0. The zero-order chi connectivity index (χ0) is 16.9. The topological polar surface area (TPSA) is 87.6 Å². The van der Waals surface area contributed by atoms with Crippen LogP contribution in [0.15, 0.2) is 40.3 Å². The molecule has 126 valence electrons. The second-order valence-electron chi connectivity index (χ2n) is 5.94. The van der Waals surface area contributed by atoms with Gasteiger partial charge in [0.2, 0.25) is 10.0 Å². The zero-order valence-electron chi connectivity index (χ0n) is 13.5. The van der Waals surface area contributed by atoms with Crippen molar-refractivity contribution in [3.8, 4) is 0 Å². The highest BCUT2D eigenvalue weighted by Crippen LogP contribution is 2.25. The monoisotopic (exact) mass is 337 g/mol. The van der Waals surface area contributed by atoms with Gasteiger partial charge in [-0.3, -0.25) is 4.79 Å². The third-order valence-electron chi connectivity index (χ3n) is 4.07. The summed E-state index contributed by atoms with van der Waals surface area (Å²) >= 11 is 0. The molecule has 2 N–H and O–H groups in total. The Morgan fingerprint density at radius 1 is 1.17 bits per heavy atom. The van der Waals surface area contributed by atoms with Gasteiger partial charge >= 0.3 is 0 Å². The Balaban J connectivity index is 1.90. The Labute approximate surface area is 137 Å². The molecule has 1 aliphatic rings. The van der Waals surface area contributed by atoms with Crippen LogP contribution in [-0.4, -0.2) is 26.6 Å². The Kier molecular flexibility index (Phi) is 5.90. The van der Waals surface area contributed by atoms with Gasteiger partial charge in [0.1, 0.15) is 0 Å². The van der Waals surface area contributed by atoms with Gasteiger partial charge < -0.3 is 0 Å². The first kappa shape index (κ1) is 17.6. The fraction of sp³-hybridized carbons (Fsp3) is 0.500. The molecule has 2 rings (SSSR count). The molecule has 6 nitrogen and oxygen atoms in total. The lowest BCUT2D eigenvalue weighted by Crippen LogP contribution is -2.36. The molecule has 1 fully saturated rings. The maximum Gasteiger partial charge on any atom is 0.255 e. The highest BCUT2D eigenvalue weighted by molar-refractivity contribution is 7.89. The lowest BCUT2D eigenvalue weighted by Gasteiger charge is -2.26. The van der Waals surface area contributed by atoms with Crippen LogP contribution in [0.5, 0.6) is 0 Å². The summed E-state index contributed by atoms with van der Waals surface area (Å²) in [6, 6.07) is 7.95. The number of hydrazone groups is 1. The largest absolute Gasteiger partial charge is 0.272 e. The molecule has 0 saturated heterocycles. The molecule has 1 aromatic carbocycles. The lowest BCUT2D eigenvalue weighted by atomic mass is 9.81. The maximum atomic E-state index is 12.0. The standard InChI is InChI=1S/C16H23N3O3S/c1-12-7-6-8-13(2)16(12)19-18-15(20)11-17-23(21,22)14-9-4-3-5-10-14/h3-5,9-10,12-13,17H,6-8,11H2,1-2H3,(H,18,20)/t12-,13+. The predicted molar refractivity (Wildman–Crippen MR) is 89.4 cm³/mol. The number of rotatable bonds is 5. The molecule has 0 radical (unpaired) electrons. The minimum atomic E-state index is -3.68. The molecule has 2 atom stereocenters. The van der Waals surface area contributed by atoms with Gasteiger partial charge in [0.05, 0.1) is 11.4 Å². The van der Waals surface area contributed by atoms with Gasteiger partial charge in [-0.2, -0.15) is 5.10 Å². The van der Waals surface area contributed by atoms with Crippen molar-refractivity contribution in [2.75, 3.05) is 6.54 Å². The molecular weight excluding hydrogens is 314 g/mol. The van der Waals surface area contributed by atoms with Crippen LogP contribution in [0, 0.1) is 11.8 Å². The van der Waals surface area contributed by atoms with E-state index < -0.39 is 15.9 Å². The normalized spacial score (nSPS) is 23.7. The van der Waals surface area contributed by atoms with E-state index in [1.807, 2.05) is 0 Å². The second-order valence-corrected chi connectivity index (χ2v) is 7.71. The number of amides is 1. The van der Waals surface area contributed by atoms with E-state index in [0.29, 0.717) is 11.8 Å². The molecule has 23 heavy (non-hydrogen) atoms. The molecule has 0 unspecified atom stereocenters. The van der Waals surface area contributed by atoms with Crippen molar-refractivity contribution < 1.29 is 13.2 Å². The summed E-state index contributed by atoms with van der Waals surface area (Å²) in [5.41, 5.74) is 3.44. The van der Waals surface area contributed by atoms with E-state index in [9.17, 15) is 13.2 Å². The first-order chi connectivity index (χ1) is 10.9. The Hall–Kier alpha value is -1.73. The van der Waals surface area contributed by atoms with Crippen LogP contribution in [0.2, 0.25) is 0 Å². The molecule has 0 heterocycles. The van der Waals surface area contributed by atoms with Gasteiger partial charge in [-0.25, -0.2) is 18.6 Å². The number of hydrogen-bond acceptors (Lipinski definition) is 4. The minimum absolute atomic E-state index is 0.133. The highest BCUT2D eigenvalue weighted by Gasteiger charge is 2.23. The number of nitrogens with one attached hydrogen (secondary N) is 2.